The second-order valence-corrected chi connectivity index (χ2v) is 5.12. The highest BCUT2D eigenvalue weighted by Crippen LogP contribution is 2.34. The van der Waals surface area contributed by atoms with Crippen LogP contribution in [0.4, 0.5) is 0 Å². The summed E-state index contributed by atoms with van der Waals surface area (Å²) in [5.41, 5.74) is 1.55. The number of aliphatic hydroxyl groups excluding tert-OH is 1. The first kappa shape index (κ1) is 11.3. The first-order valence-corrected chi connectivity index (χ1v) is 6.27. The lowest BCUT2D eigenvalue weighted by atomic mass is 10.2. The molecule has 6 heteroatoms. The fourth-order valence-electron chi connectivity index (χ4n) is 2.44. The first-order valence-electron chi connectivity index (χ1n) is 5.52. The molecule has 0 radical (unpaired) electrons. The molecule has 1 aliphatic carbocycles. The quantitative estimate of drug-likeness (QED) is 0.812. The molecule has 2 unspecified atom stereocenters. The van der Waals surface area contributed by atoms with E-state index in [1.165, 1.54) is 0 Å². The number of aliphatic hydroxyl groups is 1. The van der Waals surface area contributed by atoms with E-state index < -0.39 is 0 Å². The topological polar surface area (TPSA) is 50.9 Å². The number of hydrogen-bond acceptors (Lipinski definition) is 3. The minimum atomic E-state index is -0.217. The molecule has 2 atom stereocenters. The van der Waals surface area contributed by atoms with Crippen LogP contribution in [0.5, 0.6) is 0 Å². The normalized spacial score (nSPS) is 24.6. The van der Waals surface area contributed by atoms with Crippen molar-refractivity contribution in [2.75, 3.05) is 0 Å². The van der Waals surface area contributed by atoms with Crippen molar-refractivity contribution in [3.05, 3.63) is 22.7 Å². The summed E-state index contributed by atoms with van der Waals surface area (Å²) in [5.74, 6) is 0. The van der Waals surface area contributed by atoms with Gasteiger partial charge in [0.05, 0.1) is 17.9 Å². The van der Waals surface area contributed by atoms with Gasteiger partial charge in [0.25, 0.3) is 0 Å². The van der Waals surface area contributed by atoms with E-state index in [2.05, 4.69) is 9.97 Å². The van der Waals surface area contributed by atoms with Gasteiger partial charge in [0.15, 0.2) is 5.15 Å². The van der Waals surface area contributed by atoms with E-state index in [1.807, 2.05) is 4.57 Å². The van der Waals surface area contributed by atoms with Crippen LogP contribution in [-0.2, 0) is 0 Å². The Labute approximate surface area is 108 Å². The van der Waals surface area contributed by atoms with Crippen molar-refractivity contribution in [2.45, 2.75) is 31.4 Å². The minimum absolute atomic E-state index is 0.217. The van der Waals surface area contributed by atoms with Gasteiger partial charge in [-0.2, -0.15) is 0 Å². The number of pyridine rings is 1. The lowest BCUT2D eigenvalue weighted by Gasteiger charge is -2.12. The molecule has 0 bridgehead atoms. The van der Waals surface area contributed by atoms with Crippen LogP contribution in [0.2, 0.25) is 10.3 Å². The number of fused-ring (bicyclic) bond motifs is 1. The molecule has 1 N–H and O–H groups in total. The Morgan fingerprint density at radius 3 is 2.88 bits per heavy atom. The van der Waals surface area contributed by atoms with Gasteiger partial charge in [-0.25, -0.2) is 9.97 Å². The van der Waals surface area contributed by atoms with Gasteiger partial charge >= 0.3 is 0 Å². The van der Waals surface area contributed by atoms with Gasteiger partial charge in [-0.3, -0.25) is 0 Å². The number of aromatic nitrogens is 3. The molecule has 0 aromatic carbocycles. The summed E-state index contributed by atoms with van der Waals surface area (Å²) in [6, 6.07) is 2.03. The molecule has 2 aromatic heterocycles. The van der Waals surface area contributed by atoms with Crippen molar-refractivity contribution in [1.29, 1.82) is 0 Å². The van der Waals surface area contributed by atoms with Gasteiger partial charge < -0.3 is 9.67 Å². The van der Waals surface area contributed by atoms with Crippen molar-refractivity contribution < 1.29 is 5.11 Å². The zero-order valence-corrected chi connectivity index (χ0v) is 10.5. The molecule has 0 aliphatic heterocycles. The maximum Gasteiger partial charge on any atom is 0.158 e. The van der Waals surface area contributed by atoms with Gasteiger partial charge in [0.1, 0.15) is 10.7 Å². The van der Waals surface area contributed by atoms with Crippen molar-refractivity contribution in [3.63, 3.8) is 0 Å². The average molecular weight is 272 g/mol. The van der Waals surface area contributed by atoms with Crippen molar-refractivity contribution in [1.82, 2.24) is 14.5 Å². The summed E-state index contributed by atoms with van der Waals surface area (Å²) in [5, 5.41) is 10.3. The largest absolute Gasteiger partial charge is 0.393 e. The average Bonchev–Trinajstić information content (AvgIpc) is 2.83. The molecule has 90 valence electrons. The van der Waals surface area contributed by atoms with Crippen molar-refractivity contribution in [3.8, 4) is 0 Å². The molecule has 1 aliphatic rings. The molecular weight excluding hydrogens is 261 g/mol. The van der Waals surface area contributed by atoms with Crippen LogP contribution in [0.1, 0.15) is 25.3 Å². The maximum absolute atomic E-state index is 9.58. The molecular formula is C11H11Cl2N3O. The van der Waals surface area contributed by atoms with E-state index in [9.17, 15) is 5.11 Å². The van der Waals surface area contributed by atoms with Gasteiger partial charge in [-0.05, 0) is 19.3 Å². The first-order chi connectivity index (χ1) is 8.15. The number of nitrogens with zero attached hydrogens (tertiary/aromatic N) is 3. The molecule has 3 rings (SSSR count). The molecule has 0 amide bonds. The van der Waals surface area contributed by atoms with E-state index in [0.717, 1.165) is 24.8 Å². The summed E-state index contributed by atoms with van der Waals surface area (Å²) < 4.78 is 2.03. The third-order valence-electron chi connectivity index (χ3n) is 3.26. The number of hydrogen-bond donors (Lipinski definition) is 1. The van der Waals surface area contributed by atoms with Crippen LogP contribution in [0, 0.1) is 0 Å². The summed E-state index contributed by atoms with van der Waals surface area (Å²) in [6.45, 7) is 0. The molecule has 2 heterocycles. The van der Waals surface area contributed by atoms with Crippen molar-refractivity contribution in [2.24, 2.45) is 0 Å². The van der Waals surface area contributed by atoms with Crippen LogP contribution in [-0.4, -0.2) is 25.7 Å². The van der Waals surface area contributed by atoms with E-state index in [1.54, 1.807) is 12.4 Å². The van der Waals surface area contributed by atoms with Gasteiger partial charge in [0, 0.05) is 12.1 Å². The summed E-state index contributed by atoms with van der Waals surface area (Å²) in [6.07, 6.45) is 4.06. The van der Waals surface area contributed by atoms with E-state index in [-0.39, 0.29) is 12.1 Å². The molecule has 4 nitrogen and oxygen atoms in total. The highest BCUT2D eigenvalue weighted by atomic mass is 35.5. The van der Waals surface area contributed by atoms with Crippen molar-refractivity contribution >= 4 is 34.2 Å². The zero-order chi connectivity index (χ0) is 12.0. The van der Waals surface area contributed by atoms with Gasteiger partial charge in [0.2, 0.25) is 0 Å². The van der Waals surface area contributed by atoms with E-state index in [0.29, 0.717) is 15.8 Å². The Morgan fingerprint density at radius 2 is 2.18 bits per heavy atom. The lowest BCUT2D eigenvalue weighted by Crippen LogP contribution is -2.06. The van der Waals surface area contributed by atoms with Crippen LogP contribution < -0.4 is 0 Å². The SMILES string of the molecule is OC1CCC(n2cnc3c(Cl)nc(Cl)cc32)C1. The van der Waals surface area contributed by atoms with Crippen LogP contribution in [0.25, 0.3) is 11.0 Å². The maximum atomic E-state index is 9.58. The third kappa shape index (κ3) is 1.90. The smallest absolute Gasteiger partial charge is 0.158 e. The monoisotopic (exact) mass is 271 g/mol. The number of imidazole rings is 1. The fourth-order valence-corrected chi connectivity index (χ4v) is 2.91. The lowest BCUT2D eigenvalue weighted by molar-refractivity contribution is 0.178. The molecule has 0 saturated heterocycles. The van der Waals surface area contributed by atoms with E-state index >= 15 is 0 Å². The van der Waals surface area contributed by atoms with Crippen LogP contribution >= 0.6 is 23.2 Å². The highest BCUT2D eigenvalue weighted by molar-refractivity contribution is 6.36. The zero-order valence-electron chi connectivity index (χ0n) is 8.98. The Bertz CT molecular complexity index is 569. The molecule has 2 aromatic rings. The standard InChI is InChI=1S/C11H11Cl2N3O/c12-9-4-8-10(11(13)15-9)14-5-16(8)6-1-2-7(17)3-6/h4-7,17H,1-3H2. The van der Waals surface area contributed by atoms with Gasteiger partial charge in [-0.15, -0.1) is 0 Å². The Kier molecular flexibility index (Phi) is 2.73. The second kappa shape index (κ2) is 4.12. The fraction of sp³-hybridized carbons (Fsp3) is 0.455. The van der Waals surface area contributed by atoms with E-state index in [4.69, 9.17) is 23.2 Å². The third-order valence-corrected chi connectivity index (χ3v) is 3.72. The molecule has 17 heavy (non-hydrogen) atoms. The summed E-state index contributed by atoms with van der Waals surface area (Å²) in [7, 11) is 0. The minimum Gasteiger partial charge on any atom is -0.393 e. The second-order valence-electron chi connectivity index (χ2n) is 4.38. The summed E-state index contributed by atoms with van der Waals surface area (Å²) >= 11 is 11.9. The molecule has 1 fully saturated rings. The van der Waals surface area contributed by atoms with Crippen LogP contribution in [0.3, 0.4) is 0 Å². The predicted octanol–water partition coefficient (Wildman–Crippen LogP) is 2.82. The molecule has 0 spiro atoms. The Balaban J connectivity index is 2.11. The molecule has 1 saturated carbocycles. The van der Waals surface area contributed by atoms with Crippen LogP contribution in [0.15, 0.2) is 12.4 Å². The predicted molar refractivity (Wildman–Crippen MR) is 66.4 cm³/mol. The summed E-state index contributed by atoms with van der Waals surface area (Å²) in [4.78, 5) is 8.22. The number of halogens is 2. The Morgan fingerprint density at radius 1 is 1.35 bits per heavy atom. The van der Waals surface area contributed by atoms with Gasteiger partial charge in [-0.1, -0.05) is 23.2 Å². The Hall–Kier alpha value is -0.840. The highest BCUT2D eigenvalue weighted by Gasteiger charge is 2.25. The number of rotatable bonds is 1.